The Hall–Kier alpha value is -0.0900. The fourth-order valence-electron chi connectivity index (χ4n) is 4.03. The van der Waals surface area contributed by atoms with Crippen LogP contribution in [-0.4, -0.2) is 0 Å². The summed E-state index contributed by atoms with van der Waals surface area (Å²) in [5.74, 6) is 8.52. The Balaban J connectivity index is 1.75. The molecule has 0 heterocycles. The topological polar surface area (TPSA) is 38.0 Å². The molecule has 0 radical (unpaired) electrons. The second-order valence-corrected chi connectivity index (χ2v) is 7.35. The maximum atomic E-state index is 6.11. The monoisotopic (exact) mass is 342 g/mol. The second kappa shape index (κ2) is 5.72. The molecule has 0 saturated heterocycles. The first kappa shape index (κ1) is 13.9. The zero-order valence-corrected chi connectivity index (χ0v) is 13.3. The van der Waals surface area contributed by atoms with Crippen LogP contribution in [0.1, 0.15) is 43.7 Å². The van der Waals surface area contributed by atoms with Crippen molar-refractivity contribution in [3.63, 3.8) is 0 Å². The largest absolute Gasteiger partial charge is 0.271 e. The minimum Gasteiger partial charge on any atom is -0.271 e. The third kappa shape index (κ3) is 2.85. The molecule has 2 nitrogen and oxygen atoms in total. The molecule has 0 aliphatic heterocycles. The molecule has 4 unspecified atom stereocenters. The summed E-state index contributed by atoms with van der Waals surface area (Å²) in [4.78, 5) is 0. The van der Waals surface area contributed by atoms with Crippen LogP contribution in [0.2, 0.25) is 5.02 Å². The van der Waals surface area contributed by atoms with Gasteiger partial charge in [-0.1, -0.05) is 34.0 Å². The fraction of sp³-hybridized carbons (Fsp3) is 0.600. The lowest BCUT2D eigenvalue weighted by atomic mass is 9.83. The summed E-state index contributed by atoms with van der Waals surface area (Å²) in [6, 6.07) is 6.12. The van der Waals surface area contributed by atoms with Crippen molar-refractivity contribution >= 4 is 27.5 Å². The van der Waals surface area contributed by atoms with E-state index >= 15 is 0 Å². The van der Waals surface area contributed by atoms with Crippen molar-refractivity contribution in [3.8, 4) is 0 Å². The van der Waals surface area contributed by atoms with Gasteiger partial charge >= 0.3 is 0 Å². The second-order valence-electron chi connectivity index (χ2n) is 6.06. The van der Waals surface area contributed by atoms with Crippen LogP contribution in [0.3, 0.4) is 0 Å². The highest BCUT2D eigenvalue weighted by molar-refractivity contribution is 9.10. The van der Waals surface area contributed by atoms with Gasteiger partial charge in [-0.3, -0.25) is 11.3 Å². The van der Waals surface area contributed by atoms with Crippen LogP contribution < -0.4 is 11.3 Å². The highest BCUT2D eigenvalue weighted by Crippen LogP contribution is 2.51. The van der Waals surface area contributed by atoms with Crippen molar-refractivity contribution in [1.82, 2.24) is 5.43 Å². The summed E-state index contributed by atoms with van der Waals surface area (Å²) in [7, 11) is 0. The first-order valence-corrected chi connectivity index (χ1v) is 8.25. The van der Waals surface area contributed by atoms with Crippen molar-refractivity contribution in [1.29, 1.82) is 0 Å². The highest BCUT2D eigenvalue weighted by Gasteiger charge is 2.40. The molecule has 4 atom stereocenters. The molecule has 2 aliphatic carbocycles. The van der Waals surface area contributed by atoms with Gasteiger partial charge < -0.3 is 0 Å². The molecule has 2 saturated carbocycles. The van der Waals surface area contributed by atoms with Gasteiger partial charge in [0.05, 0.1) is 0 Å². The number of fused-ring (bicyclic) bond motifs is 2. The van der Waals surface area contributed by atoms with E-state index in [0.717, 1.165) is 33.7 Å². The van der Waals surface area contributed by atoms with Gasteiger partial charge in [-0.2, -0.15) is 0 Å². The normalized spacial score (nSPS) is 30.8. The zero-order chi connectivity index (χ0) is 13.4. The molecule has 2 fully saturated rings. The molecule has 0 aromatic heterocycles. The molecule has 3 N–H and O–H groups in total. The smallest absolute Gasteiger partial charge is 0.0474 e. The SMILES string of the molecule is NNC(CC1CC2CCC1C2)c1cc(Cl)ccc1Br. The van der Waals surface area contributed by atoms with Crippen LogP contribution in [0.15, 0.2) is 22.7 Å². The Labute approximate surface area is 128 Å². The number of nitrogens with one attached hydrogen (secondary N) is 1. The average molecular weight is 344 g/mol. The van der Waals surface area contributed by atoms with E-state index in [-0.39, 0.29) is 6.04 Å². The number of benzene rings is 1. The van der Waals surface area contributed by atoms with Crippen LogP contribution in [0.25, 0.3) is 0 Å². The molecule has 2 bridgehead atoms. The van der Waals surface area contributed by atoms with Gasteiger partial charge in [0.2, 0.25) is 0 Å². The van der Waals surface area contributed by atoms with E-state index in [4.69, 9.17) is 17.4 Å². The molecule has 0 amide bonds. The van der Waals surface area contributed by atoms with Crippen molar-refractivity contribution < 1.29 is 0 Å². The van der Waals surface area contributed by atoms with Gasteiger partial charge in [0.15, 0.2) is 0 Å². The van der Waals surface area contributed by atoms with Crippen molar-refractivity contribution in [2.75, 3.05) is 0 Å². The number of hydrogen-bond acceptors (Lipinski definition) is 2. The van der Waals surface area contributed by atoms with Crippen molar-refractivity contribution in [2.45, 2.75) is 38.1 Å². The molecule has 104 valence electrons. The molecule has 4 heteroatoms. The summed E-state index contributed by atoms with van der Waals surface area (Å²) >= 11 is 9.72. The van der Waals surface area contributed by atoms with Gasteiger partial charge in [0.25, 0.3) is 0 Å². The van der Waals surface area contributed by atoms with E-state index in [0.29, 0.717) is 0 Å². The van der Waals surface area contributed by atoms with Gasteiger partial charge in [0.1, 0.15) is 0 Å². The number of rotatable bonds is 4. The molecule has 3 rings (SSSR count). The maximum absolute atomic E-state index is 6.11. The van der Waals surface area contributed by atoms with Crippen LogP contribution in [-0.2, 0) is 0 Å². The molecule has 0 spiro atoms. The van der Waals surface area contributed by atoms with Crippen LogP contribution in [0.4, 0.5) is 0 Å². The Kier molecular flexibility index (Phi) is 4.18. The third-order valence-corrected chi connectivity index (χ3v) is 5.91. The summed E-state index contributed by atoms with van der Waals surface area (Å²) in [5.41, 5.74) is 4.16. The third-order valence-electron chi connectivity index (χ3n) is 4.96. The summed E-state index contributed by atoms with van der Waals surface area (Å²) in [5, 5.41) is 0.770. The fourth-order valence-corrected chi connectivity index (χ4v) is 4.74. The molecule has 1 aromatic carbocycles. The summed E-state index contributed by atoms with van der Waals surface area (Å²) in [6.45, 7) is 0. The zero-order valence-electron chi connectivity index (χ0n) is 10.9. The highest BCUT2D eigenvalue weighted by atomic mass is 79.9. The van der Waals surface area contributed by atoms with Gasteiger partial charge in [0, 0.05) is 15.5 Å². The standard InChI is InChI=1S/C15H20BrClN2/c16-14-4-3-12(17)8-13(14)15(19-18)7-11-6-9-1-2-10(11)5-9/h3-4,8-11,15,19H,1-2,5-7,18H2. The Morgan fingerprint density at radius 1 is 1.37 bits per heavy atom. The number of hydrogen-bond donors (Lipinski definition) is 2. The van der Waals surface area contributed by atoms with Gasteiger partial charge in [-0.05, 0) is 67.2 Å². The lowest BCUT2D eigenvalue weighted by Gasteiger charge is -2.27. The van der Waals surface area contributed by atoms with E-state index in [1.54, 1.807) is 0 Å². The Morgan fingerprint density at radius 2 is 2.21 bits per heavy atom. The molecular formula is C15H20BrClN2. The first-order chi connectivity index (χ1) is 9.17. The average Bonchev–Trinajstić information content (AvgIpc) is 3.01. The minimum atomic E-state index is 0.192. The van der Waals surface area contributed by atoms with Crippen molar-refractivity contribution in [2.24, 2.45) is 23.6 Å². The lowest BCUT2D eigenvalue weighted by molar-refractivity contribution is 0.280. The number of nitrogens with two attached hydrogens (primary N) is 1. The molecule has 2 aliphatic rings. The predicted molar refractivity (Wildman–Crippen MR) is 82.8 cm³/mol. The van der Waals surface area contributed by atoms with Crippen molar-refractivity contribution in [3.05, 3.63) is 33.3 Å². The lowest BCUT2D eigenvalue weighted by Crippen LogP contribution is -2.31. The quantitative estimate of drug-likeness (QED) is 0.627. The van der Waals surface area contributed by atoms with E-state index in [9.17, 15) is 0 Å². The van der Waals surface area contributed by atoms with E-state index in [2.05, 4.69) is 21.4 Å². The van der Waals surface area contributed by atoms with E-state index < -0.39 is 0 Å². The van der Waals surface area contributed by atoms with Crippen LogP contribution >= 0.6 is 27.5 Å². The van der Waals surface area contributed by atoms with Gasteiger partial charge in [-0.25, -0.2) is 0 Å². The predicted octanol–water partition coefficient (Wildman–Crippen LogP) is 4.43. The Morgan fingerprint density at radius 3 is 2.84 bits per heavy atom. The minimum absolute atomic E-state index is 0.192. The van der Waals surface area contributed by atoms with Crippen LogP contribution in [0, 0.1) is 17.8 Å². The maximum Gasteiger partial charge on any atom is 0.0474 e. The van der Waals surface area contributed by atoms with Crippen LogP contribution in [0.5, 0.6) is 0 Å². The molecular weight excluding hydrogens is 324 g/mol. The van der Waals surface area contributed by atoms with E-state index in [1.807, 2.05) is 18.2 Å². The van der Waals surface area contributed by atoms with Gasteiger partial charge in [-0.15, -0.1) is 0 Å². The number of hydrazine groups is 1. The summed E-state index contributed by atoms with van der Waals surface area (Å²) < 4.78 is 1.09. The number of halogens is 2. The molecule has 19 heavy (non-hydrogen) atoms. The summed E-state index contributed by atoms with van der Waals surface area (Å²) in [6.07, 6.45) is 6.82. The molecule has 1 aromatic rings. The van der Waals surface area contributed by atoms with E-state index in [1.165, 1.54) is 31.2 Å². The first-order valence-electron chi connectivity index (χ1n) is 7.08. The Bertz CT molecular complexity index is 465.